The van der Waals surface area contributed by atoms with Crippen LogP contribution in [0.4, 0.5) is 0 Å². The van der Waals surface area contributed by atoms with E-state index < -0.39 is 17.9 Å². The number of carbonyl (C=O) groups is 3. The molecular formula is C13H14O5. The zero-order valence-electron chi connectivity index (χ0n) is 10.0. The molecule has 18 heavy (non-hydrogen) atoms. The highest BCUT2D eigenvalue weighted by Gasteiger charge is 2.27. The van der Waals surface area contributed by atoms with Crippen LogP contribution in [0.1, 0.15) is 26.2 Å². The maximum atomic E-state index is 11.2. The van der Waals surface area contributed by atoms with E-state index in [2.05, 4.69) is 4.74 Å². The van der Waals surface area contributed by atoms with Crippen molar-refractivity contribution >= 4 is 17.9 Å². The first-order chi connectivity index (χ1) is 8.52. The van der Waals surface area contributed by atoms with Crippen LogP contribution in [-0.4, -0.2) is 23.0 Å². The van der Waals surface area contributed by atoms with Crippen LogP contribution >= 0.6 is 0 Å². The average molecular weight is 250 g/mol. The van der Waals surface area contributed by atoms with Gasteiger partial charge in [-0.2, -0.15) is 0 Å². The van der Waals surface area contributed by atoms with Gasteiger partial charge in [-0.15, -0.1) is 0 Å². The van der Waals surface area contributed by atoms with Crippen molar-refractivity contribution in [2.24, 2.45) is 0 Å². The van der Waals surface area contributed by atoms with Crippen LogP contribution in [0.15, 0.2) is 35.5 Å². The van der Waals surface area contributed by atoms with Gasteiger partial charge >= 0.3 is 17.9 Å². The number of esters is 2. The molecule has 0 aromatic heterocycles. The molecule has 5 heteroatoms. The second-order valence-corrected chi connectivity index (χ2v) is 3.79. The second kappa shape index (κ2) is 6.54. The van der Waals surface area contributed by atoms with Crippen LogP contribution in [0.2, 0.25) is 0 Å². The highest BCUT2D eigenvalue weighted by molar-refractivity contribution is 6.13. The van der Waals surface area contributed by atoms with Crippen molar-refractivity contribution in [2.45, 2.75) is 26.2 Å². The van der Waals surface area contributed by atoms with Gasteiger partial charge < -0.3 is 9.84 Å². The molecule has 96 valence electrons. The first kappa shape index (κ1) is 13.9. The van der Waals surface area contributed by atoms with Crippen LogP contribution in [0.25, 0.3) is 0 Å². The van der Waals surface area contributed by atoms with Crippen molar-refractivity contribution in [2.75, 3.05) is 0 Å². The first-order valence-electron chi connectivity index (χ1n) is 5.55. The normalized spacial score (nSPS) is 16.1. The largest absolute Gasteiger partial charge is 0.478 e. The van der Waals surface area contributed by atoms with Gasteiger partial charge in [0.05, 0.1) is 5.57 Å². The molecule has 1 N–H and O–H groups in total. The van der Waals surface area contributed by atoms with Gasteiger partial charge in [-0.05, 0) is 26.2 Å². The topological polar surface area (TPSA) is 80.7 Å². The van der Waals surface area contributed by atoms with E-state index in [1.54, 1.807) is 25.2 Å². The Balaban J connectivity index is 2.36. The van der Waals surface area contributed by atoms with Gasteiger partial charge in [0.1, 0.15) is 0 Å². The van der Waals surface area contributed by atoms with E-state index in [-0.39, 0.29) is 0 Å². The Morgan fingerprint density at radius 3 is 2.44 bits per heavy atom. The van der Waals surface area contributed by atoms with Gasteiger partial charge in [-0.3, -0.25) is 0 Å². The smallest absolute Gasteiger partial charge is 0.346 e. The number of aliphatic carboxylic acids is 1. The lowest BCUT2D eigenvalue weighted by Crippen LogP contribution is -2.00. The summed E-state index contributed by atoms with van der Waals surface area (Å²) in [5.41, 5.74) is 0.614. The van der Waals surface area contributed by atoms with Crippen molar-refractivity contribution in [3.05, 3.63) is 35.5 Å². The molecule has 0 atom stereocenters. The molecule has 0 aromatic carbocycles. The molecule has 0 bridgehead atoms. The summed E-state index contributed by atoms with van der Waals surface area (Å²) in [6.45, 7) is 1.54. The fourth-order valence-corrected chi connectivity index (χ4v) is 1.41. The van der Waals surface area contributed by atoms with Crippen molar-refractivity contribution < 1.29 is 24.2 Å². The van der Waals surface area contributed by atoms with E-state index in [0.717, 1.165) is 12.5 Å². The fourth-order valence-electron chi connectivity index (χ4n) is 1.41. The summed E-state index contributed by atoms with van der Waals surface area (Å²) in [6.07, 6.45) is 8.14. The van der Waals surface area contributed by atoms with Gasteiger partial charge in [0.15, 0.2) is 0 Å². The SMILES string of the molecule is CC1=C(/C=C/CCC/C=C/C(=O)O)C(=O)OC1=O. The number of allylic oxidation sites excluding steroid dienone is 2. The molecule has 0 unspecified atom stereocenters. The molecular weight excluding hydrogens is 236 g/mol. The van der Waals surface area contributed by atoms with Gasteiger partial charge in [0, 0.05) is 11.6 Å². The van der Waals surface area contributed by atoms with Gasteiger partial charge in [-0.25, -0.2) is 14.4 Å². The Morgan fingerprint density at radius 1 is 1.22 bits per heavy atom. The van der Waals surface area contributed by atoms with Gasteiger partial charge in [0.2, 0.25) is 0 Å². The minimum absolute atomic E-state index is 0.293. The number of ether oxygens (including phenoxy) is 1. The van der Waals surface area contributed by atoms with Crippen molar-refractivity contribution in [3.63, 3.8) is 0 Å². The molecule has 5 nitrogen and oxygen atoms in total. The van der Waals surface area contributed by atoms with E-state index in [1.165, 1.54) is 0 Å². The van der Waals surface area contributed by atoms with Gasteiger partial charge in [-0.1, -0.05) is 18.2 Å². The van der Waals surface area contributed by atoms with E-state index in [4.69, 9.17) is 5.11 Å². The predicted molar refractivity (Wildman–Crippen MR) is 63.6 cm³/mol. The standard InChI is InChI=1S/C13H14O5/c1-9-10(13(17)18-12(9)16)7-5-3-2-4-6-8-11(14)15/h5-8H,2-4H2,1H3,(H,14,15)/b7-5+,8-6+. The van der Waals surface area contributed by atoms with Crippen LogP contribution < -0.4 is 0 Å². The summed E-state index contributed by atoms with van der Waals surface area (Å²) >= 11 is 0. The number of carboxylic acid groups (broad SMARTS) is 1. The highest BCUT2D eigenvalue weighted by Crippen LogP contribution is 2.18. The molecule has 0 amide bonds. The zero-order valence-corrected chi connectivity index (χ0v) is 10.0. The molecule has 1 aliphatic heterocycles. The van der Waals surface area contributed by atoms with Crippen molar-refractivity contribution in [3.8, 4) is 0 Å². The lowest BCUT2D eigenvalue weighted by Gasteiger charge is -1.91. The van der Waals surface area contributed by atoms with Gasteiger partial charge in [0.25, 0.3) is 0 Å². The fraction of sp³-hybridized carbons (Fsp3) is 0.308. The molecule has 0 fully saturated rings. The summed E-state index contributed by atoms with van der Waals surface area (Å²) in [4.78, 5) is 32.4. The maximum Gasteiger partial charge on any atom is 0.346 e. The monoisotopic (exact) mass is 250 g/mol. The number of cyclic esters (lactones) is 2. The Hall–Kier alpha value is -2.17. The summed E-state index contributed by atoms with van der Waals surface area (Å²) in [5.74, 6) is -2.16. The molecule has 0 aliphatic carbocycles. The Bertz CT molecular complexity index is 454. The van der Waals surface area contributed by atoms with Crippen LogP contribution in [0.3, 0.4) is 0 Å². The van der Waals surface area contributed by atoms with E-state index in [1.807, 2.05) is 0 Å². The number of carboxylic acids is 1. The van der Waals surface area contributed by atoms with Crippen LogP contribution in [-0.2, 0) is 19.1 Å². The lowest BCUT2D eigenvalue weighted by atomic mass is 10.1. The number of hydrogen-bond acceptors (Lipinski definition) is 4. The quantitative estimate of drug-likeness (QED) is 0.336. The third-order valence-corrected chi connectivity index (χ3v) is 2.40. The average Bonchev–Trinajstić information content (AvgIpc) is 2.53. The summed E-state index contributed by atoms with van der Waals surface area (Å²) in [5, 5.41) is 8.35. The number of hydrogen-bond donors (Lipinski definition) is 1. The second-order valence-electron chi connectivity index (χ2n) is 3.79. The molecule has 0 spiro atoms. The summed E-state index contributed by atoms with van der Waals surface area (Å²) in [7, 11) is 0. The molecule has 0 radical (unpaired) electrons. The molecule has 0 saturated heterocycles. The number of carbonyl (C=O) groups excluding carboxylic acids is 2. The minimum atomic E-state index is -0.960. The van der Waals surface area contributed by atoms with E-state index in [0.29, 0.717) is 24.0 Å². The minimum Gasteiger partial charge on any atom is -0.478 e. The van der Waals surface area contributed by atoms with Crippen molar-refractivity contribution in [1.82, 2.24) is 0 Å². The molecule has 1 heterocycles. The summed E-state index contributed by atoms with van der Waals surface area (Å²) < 4.78 is 4.43. The van der Waals surface area contributed by atoms with E-state index >= 15 is 0 Å². The molecule has 0 saturated carbocycles. The van der Waals surface area contributed by atoms with Crippen molar-refractivity contribution in [1.29, 1.82) is 0 Å². The predicted octanol–water partition coefficient (Wildman–Crippen LogP) is 1.75. The Labute approximate surface area is 104 Å². The first-order valence-corrected chi connectivity index (χ1v) is 5.55. The molecule has 0 aromatic rings. The number of rotatable bonds is 6. The lowest BCUT2D eigenvalue weighted by molar-refractivity contribution is -0.151. The molecule has 1 rings (SSSR count). The maximum absolute atomic E-state index is 11.2. The van der Waals surface area contributed by atoms with Crippen LogP contribution in [0, 0.1) is 0 Å². The third kappa shape index (κ3) is 4.01. The molecule has 1 aliphatic rings. The zero-order chi connectivity index (χ0) is 13.5. The number of unbranched alkanes of at least 4 members (excludes halogenated alkanes) is 2. The highest BCUT2D eigenvalue weighted by atomic mass is 16.6. The summed E-state index contributed by atoms with van der Waals surface area (Å²) in [6, 6.07) is 0. The Kier molecular flexibility index (Phi) is 5.05. The Morgan fingerprint density at radius 2 is 1.89 bits per heavy atom. The van der Waals surface area contributed by atoms with E-state index in [9.17, 15) is 14.4 Å². The van der Waals surface area contributed by atoms with Crippen LogP contribution in [0.5, 0.6) is 0 Å². The third-order valence-electron chi connectivity index (χ3n) is 2.40.